The Morgan fingerprint density at radius 2 is 0.753 bits per heavy atom. The summed E-state index contributed by atoms with van der Waals surface area (Å²) in [6, 6.07) is 62.5. The number of rotatable bonds is 9. The average Bonchev–Trinajstić information content (AvgIpc) is 3.94. The Hall–Kier alpha value is -6.91. The molecule has 7 aromatic carbocycles. The molecule has 0 N–H and O–H groups in total. The average molecular weight is 1020 g/mol. The fraction of sp³-hybridized carbons (Fsp3) is 0.356. The van der Waals surface area contributed by atoms with E-state index < -0.39 is 0 Å². The molecule has 0 bridgehead atoms. The Morgan fingerprint density at radius 1 is 0.312 bits per heavy atom. The number of para-hydroxylation sites is 2. The number of hydrogen-bond acceptors (Lipinski definition) is 3. The van der Waals surface area contributed by atoms with E-state index in [1.807, 2.05) is 6.20 Å². The first-order valence-electron chi connectivity index (χ1n) is 28.1. The second-order valence-electron chi connectivity index (χ2n) is 28.0. The SMILES string of the molecule is CC(C)(C)c1cc(N2CN(c3cccc(C(C)(C)c4ccc5c6cc(C(C)(C)c7ccccc7)ccc6n(-c6cc(C(C)(C)c7cc(C(C)(C)C)cc(C(C)(C)C)c7)ccn6)c5c4)c3)c3ccccc32)cc(C(C)(C)C)c1. The van der Waals surface area contributed by atoms with Crippen molar-refractivity contribution in [1.29, 1.82) is 0 Å². The van der Waals surface area contributed by atoms with Crippen LogP contribution in [0.4, 0.5) is 22.7 Å². The van der Waals surface area contributed by atoms with Crippen molar-refractivity contribution in [1.82, 2.24) is 9.55 Å². The molecule has 9 aromatic rings. The van der Waals surface area contributed by atoms with Crippen LogP contribution >= 0.6 is 0 Å². The van der Waals surface area contributed by atoms with E-state index in [0.29, 0.717) is 0 Å². The minimum absolute atomic E-state index is 0.00981. The van der Waals surface area contributed by atoms with E-state index >= 15 is 0 Å². The summed E-state index contributed by atoms with van der Waals surface area (Å²) in [6.07, 6.45) is 2.02. The summed E-state index contributed by atoms with van der Waals surface area (Å²) in [5.41, 5.74) is 19.5. The van der Waals surface area contributed by atoms with Crippen molar-refractivity contribution in [2.24, 2.45) is 0 Å². The molecule has 4 heteroatoms. The van der Waals surface area contributed by atoms with Gasteiger partial charge in [0, 0.05) is 44.6 Å². The molecule has 4 nitrogen and oxygen atoms in total. The number of pyridine rings is 1. The molecule has 1 aliphatic rings. The van der Waals surface area contributed by atoms with Crippen LogP contribution in [0.5, 0.6) is 0 Å². The largest absolute Gasteiger partial charge is 0.321 e. The molecule has 77 heavy (non-hydrogen) atoms. The van der Waals surface area contributed by atoms with Crippen LogP contribution in [-0.2, 0) is 37.9 Å². The van der Waals surface area contributed by atoms with E-state index in [4.69, 9.17) is 4.98 Å². The van der Waals surface area contributed by atoms with Gasteiger partial charge < -0.3 is 9.80 Å². The number of fused-ring (bicyclic) bond motifs is 4. The van der Waals surface area contributed by atoms with Gasteiger partial charge in [-0.3, -0.25) is 4.57 Å². The summed E-state index contributed by atoms with van der Waals surface area (Å²) in [4.78, 5) is 10.3. The molecule has 396 valence electrons. The molecule has 2 aromatic heterocycles. The molecule has 0 aliphatic carbocycles. The normalized spacial score (nSPS) is 14.0. The smallest absolute Gasteiger partial charge is 0.137 e. The lowest BCUT2D eigenvalue weighted by molar-refractivity contribution is 0.557. The monoisotopic (exact) mass is 1020 g/mol. The lowest BCUT2D eigenvalue weighted by Gasteiger charge is -2.32. The molecular weight excluding hydrogens is 933 g/mol. The zero-order chi connectivity index (χ0) is 55.4. The van der Waals surface area contributed by atoms with Crippen molar-refractivity contribution in [2.45, 2.75) is 163 Å². The van der Waals surface area contributed by atoms with Crippen LogP contribution in [0.25, 0.3) is 27.6 Å². The second kappa shape index (κ2) is 18.6. The van der Waals surface area contributed by atoms with Gasteiger partial charge in [-0.15, -0.1) is 0 Å². The highest BCUT2D eigenvalue weighted by Crippen LogP contribution is 2.48. The highest BCUT2D eigenvalue weighted by molar-refractivity contribution is 6.09. The van der Waals surface area contributed by atoms with E-state index in [-0.39, 0.29) is 37.9 Å². The Bertz CT molecular complexity index is 3620. The van der Waals surface area contributed by atoms with Gasteiger partial charge in [0.15, 0.2) is 0 Å². The van der Waals surface area contributed by atoms with E-state index in [0.717, 1.165) is 23.5 Å². The summed E-state index contributed by atoms with van der Waals surface area (Å²) in [5, 5.41) is 2.45. The van der Waals surface area contributed by atoms with Crippen molar-refractivity contribution >= 4 is 44.6 Å². The molecule has 1 aliphatic heterocycles. The van der Waals surface area contributed by atoms with Crippen molar-refractivity contribution in [3.63, 3.8) is 0 Å². The first-order chi connectivity index (χ1) is 35.9. The Balaban J connectivity index is 1.09. The highest BCUT2D eigenvalue weighted by atomic mass is 15.4. The van der Waals surface area contributed by atoms with E-state index in [9.17, 15) is 0 Å². The number of benzene rings is 7. The molecule has 0 atom stereocenters. The maximum atomic E-state index is 5.26. The minimum atomic E-state index is -0.354. The van der Waals surface area contributed by atoms with Crippen LogP contribution in [0.3, 0.4) is 0 Å². The van der Waals surface area contributed by atoms with E-state index in [1.165, 1.54) is 89.2 Å². The molecular formula is C73H84N4. The first kappa shape index (κ1) is 53.5. The third-order valence-electron chi connectivity index (χ3n) is 17.4. The standard InChI is InChI=1S/C73H84N4/c1-67(2,3)53-37-54(68(4,5)6)40-57(39-53)73(17,18)52-35-36-74-66(46-52)77-62-34-32-50(71(13,14)48-25-20-19-21-26-48)44-61(62)60-33-31-51(45-65(60)77)72(15,16)49-27-24-28-58(41-49)75-47-76(64-30-23-22-29-63(64)75)59-42-55(69(7,8)9)38-56(43-59)70(10,11)12/h19-46H,47H2,1-18H3. The van der Waals surface area contributed by atoms with Gasteiger partial charge in [-0.25, -0.2) is 4.98 Å². The van der Waals surface area contributed by atoms with E-state index in [1.54, 1.807) is 0 Å². The summed E-state index contributed by atoms with van der Waals surface area (Å²) in [7, 11) is 0. The molecule has 0 amide bonds. The molecule has 0 saturated heterocycles. The maximum Gasteiger partial charge on any atom is 0.137 e. The van der Waals surface area contributed by atoms with Crippen LogP contribution < -0.4 is 9.80 Å². The molecule has 0 fully saturated rings. The van der Waals surface area contributed by atoms with Gasteiger partial charge in [0.2, 0.25) is 0 Å². The number of aromatic nitrogens is 2. The quantitative estimate of drug-likeness (QED) is 0.144. The van der Waals surface area contributed by atoms with Crippen LogP contribution in [0, 0.1) is 0 Å². The molecule has 0 spiro atoms. The van der Waals surface area contributed by atoms with Crippen LogP contribution in [0.2, 0.25) is 0 Å². The fourth-order valence-electron chi connectivity index (χ4n) is 11.5. The summed E-state index contributed by atoms with van der Waals surface area (Å²) >= 11 is 0. The lowest BCUT2D eigenvalue weighted by atomic mass is 9.72. The summed E-state index contributed by atoms with van der Waals surface area (Å²) < 4.78 is 2.43. The number of nitrogens with zero attached hydrogens (tertiary/aromatic N) is 4. The number of anilines is 4. The number of hydrogen-bond donors (Lipinski definition) is 0. The molecule has 3 heterocycles. The zero-order valence-corrected chi connectivity index (χ0v) is 49.7. The molecule has 0 saturated carbocycles. The second-order valence-corrected chi connectivity index (χ2v) is 28.0. The van der Waals surface area contributed by atoms with E-state index in [2.05, 4.69) is 303 Å². The molecule has 0 unspecified atom stereocenters. The van der Waals surface area contributed by atoms with Crippen LogP contribution in [0.15, 0.2) is 170 Å². The topological polar surface area (TPSA) is 24.3 Å². The Kier molecular flexibility index (Phi) is 12.9. The van der Waals surface area contributed by atoms with Gasteiger partial charge in [-0.2, -0.15) is 0 Å². The minimum Gasteiger partial charge on any atom is -0.321 e. The van der Waals surface area contributed by atoms with Gasteiger partial charge in [0.05, 0.1) is 22.4 Å². The van der Waals surface area contributed by atoms with Crippen molar-refractivity contribution < 1.29 is 0 Å². The van der Waals surface area contributed by atoms with Gasteiger partial charge in [0.1, 0.15) is 12.5 Å². The van der Waals surface area contributed by atoms with Crippen LogP contribution in [0.1, 0.15) is 180 Å². The van der Waals surface area contributed by atoms with Crippen LogP contribution in [-0.4, -0.2) is 16.2 Å². The fourth-order valence-corrected chi connectivity index (χ4v) is 11.5. The van der Waals surface area contributed by atoms with Crippen molar-refractivity contribution in [2.75, 3.05) is 16.5 Å². The van der Waals surface area contributed by atoms with Crippen molar-refractivity contribution in [3.05, 3.63) is 226 Å². The van der Waals surface area contributed by atoms with Gasteiger partial charge in [-0.05, 0) is 144 Å². The Labute approximate surface area is 462 Å². The zero-order valence-electron chi connectivity index (χ0n) is 49.7. The third-order valence-corrected chi connectivity index (χ3v) is 17.4. The summed E-state index contributed by atoms with van der Waals surface area (Å²) in [5.74, 6) is 0.922. The maximum absolute atomic E-state index is 5.26. The van der Waals surface area contributed by atoms with Gasteiger partial charge in [-0.1, -0.05) is 222 Å². The third kappa shape index (κ3) is 9.81. The molecule has 0 radical (unpaired) electrons. The van der Waals surface area contributed by atoms with Gasteiger partial charge >= 0.3 is 0 Å². The predicted octanol–water partition coefficient (Wildman–Crippen LogP) is 19.6. The predicted molar refractivity (Wildman–Crippen MR) is 331 cm³/mol. The lowest BCUT2D eigenvalue weighted by Crippen LogP contribution is -2.26. The Morgan fingerprint density at radius 3 is 1.34 bits per heavy atom. The summed E-state index contributed by atoms with van der Waals surface area (Å²) in [6.45, 7) is 42.8. The van der Waals surface area contributed by atoms with Crippen molar-refractivity contribution in [3.8, 4) is 5.82 Å². The molecule has 10 rings (SSSR count). The van der Waals surface area contributed by atoms with Gasteiger partial charge in [0.25, 0.3) is 0 Å². The first-order valence-corrected chi connectivity index (χ1v) is 28.1. The highest BCUT2D eigenvalue weighted by Gasteiger charge is 2.34.